The van der Waals surface area contributed by atoms with E-state index in [0.717, 1.165) is 0 Å². The van der Waals surface area contributed by atoms with Gasteiger partial charge in [0.25, 0.3) is 0 Å². The molecule has 0 saturated heterocycles. The molecule has 0 aliphatic heterocycles. The molecule has 0 radical (unpaired) electrons. The van der Waals surface area contributed by atoms with E-state index >= 15 is 0 Å². The van der Waals surface area contributed by atoms with E-state index in [4.69, 9.17) is 0 Å². The molecule has 0 fully saturated rings. The molecule has 1 rings (SSSR count). The van der Waals surface area contributed by atoms with Crippen molar-refractivity contribution in [2.45, 2.75) is 0 Å². The number of benzene rings is 1. The first-order chi connectivity index (χ1) is 6.59. The first-order valence-electron chi connectivity index (χ1n) is 3.61. The number of carbonyl (C=O) groups excluding carboxylic acids is 2. The van der Waals surface area contributed by atoms with Crippen molar-refractivity contribution in [2.75, 3.05) is 10.6 Å². The lowest BCUT2D eigenvalue weighted by atomic mass is 10.2. The minimum Gasteiger partial charge on any atom is -0.296 e. The molecule has 0 bridgehead atoms. The molecule has 74 valence electrons. The molecule has 1 aromatic rings. The summed E-state index contributed by atoms with van der Waals surface area (Å²) < 4.78 is 23.9. The first-order valence-corrected chi connectivity index (χ1v) is 3.61. The van der Waals surface area contributed by atoms with Gasteiger partial charge in [0.2, 0.25) is 0 Å². The summed E-state index contributed by atoms with van der Waals surface area (Å²) in [4.78, 5) is 20.1. The molecule has 2 amide bonds. The minimum absolute atomic E-state index is 0.00833. The van der Waals surface area contributed by atoms with Crippen molar-refractivity contribution in [3.05, 3.63) is 24.3 Å². The van der Waals surface area contributed by atoms with Gasteiger partial charge in [-0.15, -0.1) is 8.78 Å². The van der Waals surface area contributed by atoms with Gasteiger partial charge in [-0.3, -0.25) is 10.6 Å². The molecule has 0 unspecified atom stereocenters. The molecule has 14 heavy (non-hydrogen) atoms. The summed E-state index contributed by atoms with van der Waals surface area (Å²) in [6, 6.07) is 5.64. The Morgan fingerprint density at radius 2 is 1.29 bits per heavy atom. The fourth-order valence-electron chi connectivity index (χ4n) is 0.913. The van der Waals surface area contributed by atoms with E-state index in [-0.39, 0.29) is 11.4 Å². The zero-order valence-electron chi connectivity index (χ0n) is 6.88. The minimum atomic E-state index is -1.79. The fraction of sp³-hybridized carbons (Fsp3) is 0. The van der Waals surface area contributed by atoms with Crippen LogP contribution < -0.4 is 10.6 Å². The summed E-state index contributed by atoms with van der Waals surface area (Å²) in [5, 5.41) is 3.58. The highest BCUT2D eigenvalue weighted by Gasteiger charge is 2.06. The topological polar surface area (TPSA) is 58.2 Å². The summed E-state index contributed by atoms with van der Waals surface area (Å²) in [6.45, 7) is 0. The van der Waals surface area contributed by atoms with Crippen LogP contribution in [0.2, 0.25) is 0 Å². The number of rotatable bonds is 2. The second-order valence-electron chi connectivity index (χ2n) is 2.34. The summed E-state index contributed by atoms with van der Waals surface area (Å²) in [6.07, 6.45) is -3.57. The van der Waals surface area contributed by atoms with E-state index in [0.29, 0.717) is 0 Å². The van der Waals surface area contributed by atoms with Crippen LogP contribution in [0.5, 0.6) is 0 Å². The molecule has 0 saturated carbocycles. The Labute approximate surface area is 77.9 Å². The molecule has 0 aromatic heterocycles. The molecule has 2 N–H and O–H groups in total. The number of halogens is 2. The molecular formula is C8H6F2N2O2. The number of nitrogens with one attached hydrogen (secondary N) is 2. The number of hydrogen-bond donors (Lipinski definition) is 2. The number of hydrogen-bond acceptors (Lipinski definition) is 2. The Bertz CT molecular complexity index is 333. The molecule has 0 aliphatic carbocycles. The number of amides is 2. The summed E-state index contributed by atoms with van der Waals surface area (Å²) in [7, 11) is 0. The number of carbonyl (C=O) groups is 2. The molecule has 6 heteroatoms. The smallest absolute Gasteiger partial charge is 0.296 e. The van der Waals surface area contributed by atoms with Gasteiger partial charge in [-0.05, 0) is 12.1 Å². The Hall–Kier alpha value is -1.98. The average Bonchev–Trinajstić information content (AvgIpc) is 2.06. The quantitative estimate of drug-likeness (QED) is 0.569. The zero-order chi connectivity index (χ0) is 10.6. The lowest BCUT2D eigenvalue weighted by molar-refractivity contribution is 0.233. The van der Waals surface area contributed by atoms with Crippen LogP contribution in [0.15, 0.2) is 24.3 Å². The molecule has 0 aliphatic rings. The second kappa shape index (κ2) is 4.31. The Kier molecular flexibility index (Phi) is 3.11. The second-order valence-corrected chi connectivity index (χ2v) is 2.34. The van der Waals surface area contributed by atoms with Gasteiger partial charge < -0.3 is 0 Å². The van der Waals surface area contributed by atoms with Crippen LogP contribution in [0, 0.1) is 0 Å². The number of para-hydroxylation sites is 2. The van der Waals surface area contributed by atoms with E-state index in [1.165, 1.54) is 24.3 Å². The van der Waals surface area contributed by atoms with Crippen molar-refractivity contribution in [1.82, 2.24) is 0 Å². The highest BCUT2D eigenvalue weighted by Crippen LogP contribution is 2.21. The van der Waals surface area contributed by atoms with Crippen molar-refractivity contribution >= 4 is 23.7 Å². The Morgan fingerprint density at radius 3 is 1.57 bits per heavy atom. The average molecular weight is 200 g/mol. The van der Waals surface area contributed by atoms with Crippen LogP contribution in [0.4, 0.5) is 29.7 Å². The van der Waals surface area contributed by atoms with Gasteiger partial charge in [0.05, 0.1) is 11.4 Å². The van der Waals surface area contributed by atoms with Crippen molar-refractivity contribution in [1.29, 1.82) is 0 Å². The largest absolute Gasteiger partial charge is 0.401 e. The fourth-order valence-corrected chi connectivity index (χ4v) is 0.913. The lowest BCUT2D eigenvalue weighted by Gasteiger charge is -2.06. The van der Waals surface area contributed by atoms with Crippen LogP contribution in [0.25, 0.3) is 0 Å². The molecule has 0 atom stereocenters. The lowest BCUT2D eigenvalue weighted by Crippen LogP contribution is -2.08. The summed E-state index contributed by atoms with van der Waals surface area (Å²) >= 11 is 0. The molecular weight excluding hydrogens is 194 g/mol. The monoisotopic (exact) mass is 200 g/mol. The highest BCUT2D eigenvalue weighted by molar-refractivity contribution is 5.94. The van der Waals surface area contributed by atoms with Gasteiger partial charge in [-0.2, -0.15) is 0 Å². The van der Waals surface area contributed by atoms with E-state index < -0.39 is 12.3 Å². The SMILES string of the molecule is O=C(F)Nc1ccccc1NC(=O)F. The van der Waals surface area contributed by atoms with Crippen molar-refractivity contribution in [3.8, 4) is 0 Å². The van der Waals surface area contributed by atoms with Crippen LogP contribution >= 0.6 is 0 Å². The van der Waals surface area contributed by atoms with Crippen LogP contribution in [0.3, 0.4) is 0 Å². The first kappa shape index (κ1) is 10.1. The maximum absolute atomic E-state index is 11.9. The Balaban J connectivity index is 2.90. The van der Waals surface area contributed by atoms with Gasteiger partial charge >= 0.3 is 12.3 Å². The van der Waals surface area contributed by atoms with Gasteiger partial charge in [0, 0.05) is 0 Å². The van der Waals surface area contributed by atoms with E-state index in [1.807, 2.05) is 0 Å². The van der Waals surface area contributed by atoms with E-state index in [1.54, 1.807) is 10.6 Å². The molecule has 4 nitrogen and oxygen atoms in total. The van der Waals surface area contributed by atoms with Gasteiger partial charge in [-0.25, -0.2) is 9.59 Å². The zero-order valence-corrected chi connectivity index (χ0v) is 6.88. The third-order valence-electron chi connectivity index (χ3n) is 1.39. The third-order valence-corrected chi connectivity index (χ3v) is 1.39. The van der Waals surface area contributed by atoms with Crippen LogP contribution in [-0.2, 0) is 0 Å². The third kappa shape index (κ3) is 2.81. The maximum atomic E-state index is 11.9. The number of anilines is 2. The van der Waals surface area contributed by atoms with Crippen molar-refractivity contribution in [3.63, 3.8) is 0 Å². The highest BCUT2D eigenvalue weighted by atomic mass is 19.1. The molecule has 1 aromatic carbocycles. The normalized spacial score (nSPS) is 9.29. The predicted octanol–water partition coefficient (Wildman–Crippen LogP) is 2.69. The maximum Gasteiger partial charge on any atom is 0.401 e. The van der Waals surface area contributed by atoms with Crippen molar-refractivity contribution in [2.24, 2.45) is 0 Å². The summed E-state index contributed by atoms with van der Waals surface area (Å²) in [5.41, 5.74) is -0.0167. The Morgan fingerprint density at radius 1 is 0.929 bits per heavy atom. The van der Waals surface area contributed by atoms with Crippen LogP contribution in [-0.4, -0.2) is 12.3 Å². The van der Waals surface area contributed by atoms with Crippen molar-refractivity contribution < 1.29 is 18.4 Å². The summed E-state index contributed by atoms with van der Waals surface area (Å²) in [5.74, 6) is 0. The van der Waals surface area contributed by atoms with E-state index in [9.17, 15) is 18.4 Å². The molecule has 0 spiro atoms. The van der Waals surface area contributed by atoms with Gasteiger partial charge in [0.1, 0.15) is 0 Å². The van der Waals surface area contributed by atoms with Crippen LogP contribution in [0.1, 0.15) is 0 Å². The molecule has 0 heterocycles. The van der Waals surface area contributed by atoms with Gasteiger partial charge in [-0.1, -0.05) is 12.1 Å². The standard InChI is InChI=1S/C8H6F2N2O2/c9-7(13)11-5-3-1-2-4-6(5)12-8(10)14/h1-4H,(H,11,13)(H,12,14). The van der Waals surface area contributed by atoms with E-state index in [2.05, 4.69) is 0 Å². The predicted molar refractivity (Wildman–Crippen MR) is 46.7 cm³/mol. The van der Waals surface area contributed by atoms with Gasteiger partial charge in [0.15, 0.2) is 0 Å².